The lowest BCUT2D eigenvalue weighted by Gasteiger charge is -1.82. The summed E-state index contributed by atoms with van der Waals surface area (Å²) in [6.45, 7) is 0. The number of hydrogen-bond donors (Lipinski definition) is 1. The Balaban J connectivity index is 2.83. The van der Waals surface area contributed by atoms with Crippen LogP contribution < -0.4 is 5.73 Å². The van der Waals surface area contributed by atoms with E-state index in [1.54, 1.807) is 5.38 Å². The SMILES string of the molecule is N#CCc1nc(C(N)=O)cs1. The molecule has 1 heterocycles. The molecule has 2 N–H and O–H groups in total. The maximum atomic E-state index is 10.5. The van der Waals surface area contributed by atoms with Gasteiger partial charge in [-0.2, -0.15) is 5.26 Å². The van der Waals surface area contributed by atoms with Crippen molar-refractivity contribution < 1.29 is 4.79 Å². The van der Waals surface area contributed by atoms with Crippen LogP contribution in [0.25, 0.3) is 0 Å². The third kappa shape index (κ3) is 1.75. The summed E-state index contributed by atoms with van der Waals surface area (Å²) in [7, 11) is 0. The molecule has 0 spiro atoms. The lowest BCUT2D eigenvalue weighted by atomic mass is 10.4. The van der Waals surface area contributed by atoms with Gasteiger partial charge in [0.05, 0.1) is 12.5 Å². The summed E-state index contributed by atoms with van der Waals surface area (Å²) in [5.74, 6) is -0.551. The Morgan fingerprint density at radius 3 is 3.09 bits per heavy atom. The number of nitrogens with zero attached hydrogens (tertiary/aromatic N) is 2. The Bertz CT molecular complexity index is 312. The van der Waals surface area contributed by atoms with E-state index in [-0.39, 0.29) is 12.1 Å². The van der Waals surface area contributed by atoms with E-state index in [1.807, 2.05) is 6.07 Å². The first kappa shape index (κ1) is 7.69. The molecule has 0 aliphatic heterocycles. The van der Waals surface area contributed by atoms with Gasteiger partial charge >= 0.3 is 0 Å². The second-order valence-electron chi connectivity index (χ2n) is 1.83. The fourth-order valence-corrected chi connectivity index (χ4v) is 1.29. The fourth-order valence-electron chi connectivity index (χ4n) is 0.573. The molecule has 0 saturated carbocycles. The van der Waals surface area contributed by atoms with Crippen molar-refractivity contribution in [2.45, 2.75) is 6.42 Å². The van der Waals surface area contributed by atoms with Gasteiger partial charge < -0.3 is 5.73 Å². The molecule has 5 heteroatoms. The molecule has 0 radical (unpaired) electrons. The average Bonchev–Trinajstić information content (AvgIpc) is 2.37. The highest BCUT2D eigenvalue weighted by Gasteiger charge is 2.05. The fraction of sp³-hybridized carbons (Fsp3) is 0.167. The van der Waals surface area contributed by atoms with Crippen LogP contribution in [0, 0.1) is 11.3 Å². The van der Waals surface area contributed by atoms with Crippen molar-refractivity contribution in [1.82, 2.24) is 4.98 Å². The zero-order valence-electron chi connectivity index (χ0n) is 5.57. The first-order valence-corrected chi connectivity index (χ1v) is 3.73. The molecule has 0 saturated heterocycles. The minimum atomic E-state index is -0.551. The van der Waals surface area contributed by atoms with Gasteiger partial charge in [0.2, 0.25) is 0 Å². The topological polar surface area (TPSA) is 79.8 Å². The van der Waals surface area contributed by atoms with Crippen molar-refractivity contribution in [3.05, 3.63) is 16.1 Å². The van der Waals surface area contributed by atoms with Gasteiger partial charge in [0.15, 0.2) is 0 Å². The Morgan fingerprint density at radius 1 is 1.91 bits per heavy atom. The van der Waals surface area contributed by atoms with E-state index in [9.17, 15) is 4.79 Å². The van der Waals surface area contributed by atoms with Crippen molar-refractivity contribution in [2.24, 2.45) is 5.73 Å². The van der Waals surface area contributed by atoms with E-state index in [1.165, 1.54) is 11.3 Å². The van der Waals surface area contributed by atoms with Gasteiger partial charge in [0, 0.05) is 5.38 Å². The number of amides is 1. The first-order chi connectivity index (χ1) is 5.24. The minimum Gasteiger partial charge on any atom is -0.364 e. The van der Waals surface area contributed by atoms with E-state index in [0.717, 1.165) is 0 Å². The van der Waals surface area contributed by atoms with Crippen LogP contribution in [0.5, 0.6) is 0 Å². The third-order valence-electron chi connectivity index (χ3n) is 1.03. The van der Waals surface area contributed by atoms with Gasteiger partial charge in [-0.15, -0.1) is 11.3 Å². The van der Waals surface area contributed by atoms with E-state index >= 15 is 0 Å². The maximum Gasteiger partial charge on any atom is 0.268 e. The van der Waals surface area contributed by atoms with Crippen LogP contribution in [0.4, 0.5) is 0 Å². The summed E-state index contributed by atoms with van der Waals surface area (Å²) >= 11 is 1.27. The Labute approximate surface area is 67.3 Å². The number of carbonyl (C=O) groups is 1. The molecule has 0 aliphatic rings. The zero-order chi connectivity index (χ0) is 8.27. The Kier molecular flexibility index (Phi) is 2.18. The normalized spacial score (nSPS) is 9.00. The molecule has 4 nitrogen and oxygen atoms in total. The predicted molar refractivity (Wildman–Crippen MR) is 39.9 cm³/mol. The summed E-state index contributed by atoms with van der Waals surface area (Å²) < 4.78 is 0. The second kappa shape index (κ2) is 3.12. The Morgan fingerprint density at radius 2 is 2.64 bits per heavy atom. The van der Waals surface area contributed by atoms with E-state index in [2.05, 4.69) is 4.98 Å². The summed E-state index contributed by atoms with van der Waals surface area (Å²) in [6, 6.07) is 1.93. The number of nitrogens with two attached hydrogens (primary N) is 1. The molecule has 0 fully saturated rings. The number of hydrogen-bond acceptors (Lipinski definition) is 4. The number of aromatic nitrogens is 1. The molecule has 1 aromatic heterocycles. The van der Waals surface area contributed by atoms with E-state index in [4.69, 9.17) is 11.0 Å². The van der Waals surface area contributed by atoms with Gasteiger partial charge in [-0.25, -0.2) is 4.98 Å². The van der Waals surface area contributed by atoms with Crippen LogP contribution >= 0.6 is 11.3 Å². The molecule has 1 aromatic rings. The van der Waals surface area contributed by atoms with Crippen molar-refractivity contribution in [1.29, 1.82) is 5.26 Å². The summed E-state index contributed by atoms with van der Waals surface area (Å²) in [6.07, 6.45) is 0.234. The third-order valence-corrected chi connectivity index (χ3v) is 1.88. The zero-order valence-corrected chi connectivity index (χ0v) is 6.39. The van der Waals surface area contributed by atoms with Crippen LogP contribution in [-0.2, 0) is 6.42 Å². The number of carbonyl (C=O) groups excluding carboxylic acids is 1. The lowest BCUT2D eigenvalue weighted by molar-refractivity contribution is 0.0996. The van der Waals surface area contributed by atoms with Crippen LogP contribution in [0.3, 0.4) is 0 Å². The van der Waals surface area contributed by atoms with Crippen LogP contribution in [0.2, 0.25) is 0 Å². The largest absolute Gasteiger partial charge is 0.364 e. The second-order valence-corrected chi connectivity index (χ2v) is 2.77. The van der Waals surface area contributed by atoms with Gasteiger partial charge in [0.25, 0.3) is 5.91 Å². The van der Waals surface area contributed by atoms with Gasteiger partial charge in [-0.3, -0.25) is 4.79 Å². The van der Waals surface area contributed by atoms with E-state index in [0.29, 0.717) is 5.01 Å². The van der Waals surface area contributed by atoms with Gasteiger partial charge in [-0.1, -0.05) is 0 Å². The van der Waals surface area contributed by atoms with Crippen molar-refractivity contribution >= 4 is 17.2 Å². The molecule has 0 unspecified atom stereocenters. The van der Waals surface area contributed by atoms with Crippen molar-refractivity contribution in [3.8, 4) is 6.07 Å². The van der Waals surface area contributed by atoms with Crippen molar-refractivity contribution in [2.75, 3.05) is 0 Å². The molecule has 0 aromatic carbocycles. The monoisotopic (exact) mass is 167 g/mol. The highest BCUT2D eigenvalue weighted by molar-refractivity contribution is 7.09. The van der Waals surface area contributed by atoms with Crippen molar-refractivity contribution in [3.63, 3.8) is 0 Å². The molecular formula is C6H5N3OS. The average molecular weight is 167 g/mol. The molecule has 1 amide bonds. The number of rotatable bonds is 2. The minimum absolute atomic E-state index is 0.234. The smallest absolute Gasteiger partial charge is 0.268 e. The van der Waals surface area contributed by atoms with Gasteiger partial charge in [0.1, 0.15) is 10.7 Å². The quantitative estimate of drug-likeness (QED) is 0.688. The van der Waals surface area contributed by atoms with Crippen LogP contribution in [0.1, 0.15) is 15.5 Å². The van der Waals surface area contributed by atoms with Gasteiger partial charge in [-0.05, 0) is 0 Å². The maximum absolute atomic E-state index is 10.5. The lowest BCUT2D eigenvalue weighted by Crippen LogP contribution is -2.11. The Hall–Kier alpha value is -1.41. The number of thiazole rings is 1. The molecule has 56 valence electrons. The molecule has 0 bridgehead atoms. The molecule has 0 aliphatic carbocycles. The summed E-state index contributed by atoms with van der Waals surface area (Å²) in [5, 5.41) is 10.4. The molecule has 11 heavy (non-hydrogen) atoms. The summed E-state index contributed by atoms with van der Waals surface area (Å²) in [5.41, 5.74) is 5.18. The number of nitriles is 1. The molecule has 1 rings (SSSR count). The predicted octanol–water partition coefficient (Wildman–Crippen LogP) is 0.308. The van der Waals surface area contributed by atoms with Crippen LogP contribution in [-0.4, -0.2) is 10.9 Å². The highest BCUT2D eigenvalue weighted by Crippen LogP contribution is 2.08. The molecular weight excluding hydrogens is 162 g/mol. The number of primary amides is 1. The van der Waals surface area contributed by atoms with E-state index < -0.39 is 5.91 Å². The summed E-state index contributed by atoms with van der Waals surface area (Å²) in [4.78, 5) is 14.3. The first-order valence-electron chi connectivity index (χ1n) is 2.85. The van der Waals surface area contributed by atoms with Crippen LogP contribution in [0.15, 0.2) is 5.38 Å². The standard InChI is InChI=1S/C6H5N3OS/c7-2-1-5-9-4(3-11-5)6(8)10/h3H,1H2,(H2,8,10). The highest BCUT2D eigenvalue weighted by atomic mass is 32.1. The molecule has 0 atom stereocenters.